The van der Waals surface area contributed by atoms with Gasteiger partial charge in [-0.15, -0.1) is 0 Å². The number of carbonyl (C=O) groups excluding carboxylic acids is 1. The summed E-state index contributed by atoms with van der Waals surface area (Å²) in [4.78, 5) is 16.3. The van der Waals surface area contributed by atoms with Gasteiger partial charge in [0.1, 0.15) is 5.82 Å². The molecule has 5 heteroatoms. The van der Waals surface area contributed by atoms with E-state index in [9.17, 15) is 9.18 Å². The van der Waals surface area contributed by atoms with Gasteiger partial charge in [0.15, 0.2) is 0 Å². The summed E-state index contributed by atoms with van der Waals surface area (Å²) in [5.41, 5.74) is 2.88. The Balaban J connectivity index is 1.29. The maximum Gasteiger partial charge on any atom is 0.224 e. The smallest absolute Gasteiger partial charge is 0.224 e. The van der Waals surface area contributed by atoms with Crippen LogP contribution in [-0.4, -0.2) is 15.5 Å². The van der Waals surface area contributed by atoms with Crippen molar-refractivity contribution in [3.63, 3.8) is 0 Å². The minimum absolute atomic E-state index is 0.000690. The Hall–Kier alpha value is -2.95. The number of aromatic nitrogens is 2. The summed E-state index contributed by atoms with van der Waals surface area (Å²) in [6, 6.07) is 14.9. The molecule has 0 spiro atoms. The van der Waals surface area contributed by atoms with Crippen LogP contribution in [0.3, 0.4) is 0 Å². The molecule has 1 heterocycles. The van der Waals surface area contributed by atoms with E-state index in [0.717, 1.165) is 18.5 Å². The third kappa shape index (κ3) is 3.67. The zero-order chi connectivity index (χ0) is 17.9. The van der Waals surface area contributed by atoms with E-state index in [1.165, 1.54) is 11.6 Å². The van der Waals surface area contributed by atoms with E-state index in [1.807, 2.05) is 29.0 Å². The Labute approximate surface area is 151 Å². The highest BCUT2D eigenvalue weighted by molar-refractivity contribution is 5.82. The summed E-state index contributed by atoms with van der Waals surface area (Å²) in [6.45, 7) is 1.27. The van der Waals surface area contributed by atoms with Gasteiger partial charge in [-0.3, -0.25) is 4.79 Å². The molecule has 1 saturated carbocycles. The SMILES string of the molecule is O=C(NCc1ccc(Cn2ccnc2)cc1)C1CC1c1ccccc1F. The number of nitrogens with zero attached hydrogens (tertiary/aromatic N) is 2. The molecule has 1 aliphatic carbocycles. The van der Waals surface area contributed by atoms with Crippen molar-refractivity contribution in [2.45, 2.75) is 25.4 Å². The molecular formula is C21H20FN3O. The molecule has 132 valence electrons. The third-order valence-corrected chi connectivity index (χ3v) is 4.85. The van der Waals surface area contributed by atoms with Gasteiger partial charge in [-0.25, -0.2) is 9.37 Å². The molecule has 4 nitrogen and oxygen atoms in total. The Morgan fingerprint density at radius 2 is 1.92 bits per heavy atom. The fourth-order valence-electron chi connectivity index (χ4n) is 3.28. The van der Waals surface area contributed by atoms with Crippen LogP contribution in [0, 0.1) is 11.7 Å². The first kappa shape index (κ1) is 16.5. The van der Waals surface area contributed by atoms with Crippen LogP contribution >= 0.6 is 0 Å². The van der Waals surface area contributed by atoms with Crippen molar-refractivity contribution in [1.82, 2.24) is 14.9 Å². The third-order valence-electron chi connectivity index (χ3n) is 4.85. The first-order valence-electron chi connectivity index (χ1n) is 8.76. The van der Waals surface area contributed by atoms with Gasteiger partial charge in [0.2, 0.25) is 5.91 Å². The summed E-state index contributed by atoms with van der Waals surface area (Å²) in [5, 5.41) is 2.97. The van der Waals surface area contributed by atoms with Crippen LogP contribution in [0.15, 0.2) is 67.3 Å². The Morgan fingerprint density at radius 3 is 2.65 bits per heavy atom. The van der Waals surface area contributed by atoms with Gasteiger partial charge in [-0.1, -0.05) is 42.5 Å². The lowest BCUT2D eigenvalue weighted by atomic mass is 10.1. The number of halogens is 1. The van der Waals surface area contributed by atoms with E-state index >= 15 is 0 Å². The fraction of sp³-hybridized carbons (Fsp3) is 0.238. The number of carbonyl (C=O) groups is 1. The number of rotatable bonds is 6. The van der Waals surface area contributed by atoms with Gasteiger partial charge in [0, 0.05) is 31.4 Å². The number of hydrogen-bond donors (Lipinski definition) is 1. The van der Waals surface area contributed by atoms with Crippen LogP contribution in [0.5, 0.6) is 0 Å². The second-order valence-electron chi connectivity index (χ2n) is 6.74. The van der Waals surface area contributed by atoms with Gasteiger partial charge in [0.25, 0.3) is 0 Å². The van der Waals surface area contributed by atoms with Crippen LogP contribution in [0.2, 0.25) is 0 Å². The minimum atomic E-state index is -0.221. The summed E-state index contributed by atoms with van der Waals surface area (Å²) < 4.78 is 15.8. The number of imidazole rings is 1. The van der Waals surface area contributed by atoms with Crippen LogP contribution in [0.25, 0.3) is 0 Å². The number of benzene rings is 2. The summed E-state index contributed by atoms with van der Waals surface area (Å²) in [6.07, 6.45) is 6.19. The van der Waals surface area contributed by atoms with Crippen molar-refractivity contribution in [3.05, 3.63) is 89.8 Å². The first-order chi connectivity index (χ1) is 12.7. The lowest BCUT2D eigenvalue weighted by Crippen LogP contribution is -2.24. The normalized spacial score (nSPS) is 18.5. The molecule has 0 radical (unpaired) electrons. The minimum Gasteiger partial charge on any atom is -0.352 e. The molecule has 2 aromatic carbocycles. The van der Waals surface area contributed by atoms with Crippen molar-refractivity contribution in [1.29, 1.82) is 0 Å². The molecule has 1 aliphatic rings. The maximum atomic E-state index is 13.8. The zero-order valence-corrected chi connectivity index (χ0v) is 14.3. The second-order valence-corrected chi connectivity index (χ2v) is 6.74. The average molecular weight is 349 g/mol. The standard InChI is InChI=1S/C21H20FN3O/c22-20-4-2-1-3-17(20)18-11-19(18)21(26)24-12-15-5-7-16(8-6-15)13-25-10-9-23-14-25/h1-10,14,18-19H,11-13H2,(H,24,26). The zero-order valence-electron chi connectivity index (χ0n) is 14.3. The van der Waals surface area contributed by atoms with Gasteiger partial charge >= 0.3 is 0 Å². The largest absolute Gasteiger partial charge is 0.352 e. The lowest BCUT2D eigenvalue weighted by molar-refractivity contribution is -0.122. The van der Waals surface area contributed by atoms with E-state index in [0.29, 0.717) is 12.1 Å². The Bertz CT molecular complexity index is 890. The van der Waals surface area contributed by atoms with Crippen molar-refractivity contribution >= 4 is 5.91 Å². The highest BCUT2D eigenvalue weighted by Gasteiger charge is 2.44. The summed E-state index contributed by atoms with van der Waals surface area (Å²) in [5.74, 6) is -0.330. The molecule has 1 aromatic heterocycles. The molecule has 26 heavy (non-hydrogen) atoms. The maximum absolute atomic E-state index is 13.8. The van der Waals surface area contributed by atoms with Crippen molar-refractivity contribution in [2.24, 2.45) is 5.92 Å². The van der Waals surface area contributed by atoms with E-state index in [-0.39, 0.29) is 23.6 Å². The van der Waals surface area contributed by atoms with Crippen LogP contribution in [0.4, 0.5) is 4.39 Å². The summed E-state index contributed by atoms with van der Waals surface area (Å²) in [7, 11) is 0. The van der Waals surface area contributed by atoms with Crippen LogP contribution in [-0.2, 0) is 17.9 Å². The first-order valence-corrected chi connectivity index (χ1v) is 8.76. The molecule has 2 unspecified atom stereocenters. The Kier molecular flexibility index (Phi) is 4.52. The fourth-order valence-corrected chi connectivity index (χ4v) is 3.28. The highest BCUT2D eigenvalue weighted by atomic mass is 19.1. The van der Waals surface area contributed by atoms with Crippen molar-refractivity contribution in [2.75, 3.05) is 0 Å². The highest BCUT2D eigenvalue weighted by Crippen LogP contribution is 2.48. The monoisotopic (exact) mass is 349 g/mol. The predicted molar refractivity (Wildman–Crippen MR) is 96.9 cm³/mol. The van der Waals surface area contributed by atoms with E-state index < -0.39 is 0 Å². The molecule has 2 atom stereocenters. The van der Waals surface area contributed by atoms with E-state index in [4.69, 9.17) is 0 Å². The lowest BCUT2D eigenvalue weighted by Gasteiger charge is -2.07. The van der Waals surface area contributed by atoms with Gasteiger partial charge in [-0.05, 0) is 35.1 Å². The number of nitrogens with one attached hydrogen (secondary N) is 1. The molecule has 0 saturated heterocycles. The molecular weight excluding hydrogens is 329 g/mol. The number of amides is 1. The van der Waals surface area contributed by atoms with Crippen LogP contribution in [0.1, 0.15) is 29.0 Å². The van der Waals surface area contributed by atoms with E-state index in [2.05, 4.69) is 22.4 Å². The molecule has 1 amide bonds. The van der Waals surface area contributed by atoms with Gasteiger partial charge in [0.05, 0.1) is 6.33 Å². The van der Waals surface area contributed by atoms with Gasteiger partial charge in [-0.2, -0.15) is 0 Å². The molecule has 0 aliphatic heterocycles. The summed E-state index contributed by atoms with van der Waals surface area (Å²) >= 11 is 0. The molecule has 0 bridgehead atoms. The average Bonchev–Trinajstić information content (AvgIpc) is 3.29. The van der Waals surface area contributed by atoms with Crippen LogP contribution < -0.4 is 5.32 Å². The molecule has 3 aromatic rings. The predicted octanol–water partition coefficient (Wildman–Crippen LogP) is 3.49. The number of hydrogen-bond acceptors (Lipinski definition) is 2. The second kappa shape index (κ2) is 7.12. The van der Waals surface area contributed by atoms with E-state index in [1.54, 1.807) is 24.7 Å². The Morgan fingerprint density at radius 1 is 1.15 bits per heavy atom. The van der Waals surface area contributed by atoms with Crippen molar-refractivity contribution < 1.29 is 9.18 Å². The molecule has 1 N–H and O–H groups in total. The van der Waals surface area contributed by atoms with Crippen molar-refractivity contribution in [3.8, 4) is 0 Å². The molecule has 4 rings (SSSR count). The quantitative estimate of drug-likeness (QED) is 0.740. The molecule has 1 fully saturated rings. The topological polar surface area (TPSA) is 46.9 Å². The van der Waals surface area contributed by atoms with Gasteiger partial charge < -0.3 is 9.88 Å².